The van der Waals surface area contributed by atoms with Crippen LogP contribution >= 0.6 is 0 Å². The van der Waals surface area contributed by atoms with Gasteiger partial charge >= 0.3 is 0 Å². The van der Waals surface area contributed by atoms with Crippen LogP contribution in [0.4, 0.5) is 28.4 Å². The fourth-order valence-corrected chi connectivity index (χ4v) is 7.79. The van der Waals surface area contributed by atoms with E-state index in [1.165, 1.54) is 31.0 Å². The molecule has 2 unspecified atom stereocenters. The first-order valence-electron chi connectivity index (χ1n) is 20.2. The summed E-state index contributed by atoms with van der Waals surface area (Å²) in [5, 5.41) is 9.44. The van der Waals surface area contributed by atoms with Crippen molar-refractivity contribution in [3.8, 4) is 23.0 Å². The minimum absolute atomic E-state index is 0.0239. The molecule has 0 saturated carbocycles. The van der Waals surface area contributed by atoms with Gasteiger partial charge < -0.3 is 44.7 Å². The Bertz CT molecular complexity index is 2440. The third-order valence-corrected chi connectivity index (χ3v) is 11.4. The third-order valence-electron chi connectivity index (χ3n) is 11.4. The van der Waals surface area contributed by atoms with Gasteiger partial charge in [-0.05, 0) is 91.5 Å². The summed E-state index contributed by atoms with van der Waals surface area (Å²) < 4.78 is 24.1. The second-order valence-electron chi connectivity index (χ2n) is 15.3. The van der Waals surface area contributed by atoms with Crippen LogP contribution in [-0.4, -0.2) is 84.7 Å². The van der Waals surface area contributed by atoms with Crippen LogP contribution in [0.5, 0.6) is 23.0 Å². The molecule has 3 N–H and O–H groups in total. The van der Waals surface area contributed by atoms with Gasteiger partial charge in [-0.15, -0.1) is 0 Å². The van der Waals surface area contributed by atoms with Gasteiger partial charge in [0, 0.05) is 72.9 Å². The molecule has 2 aliphatic heterocycles. The number of ether oxygens (including phenoxy) is 4. The summed E-state index contributed by atoms with van der Waals surface area (Å²) in [7, 11) is 8.88. The van der Waals surface area contributed by atoms with Crippen LogP contribution in [0.25, 0.3) is 0 Å². The number of nitrogens with zero attached hydrogens (tertiary/aromatic N) is 3. The molecule has 5 aromatic rings. The molecule has 0 saturated heterocycles. The number of hydrogen-bond acceptors (Lipinski definition) is 12. The molecule has 2 heterocycles. The Labute approximate surface area is 356 Å². The molecule has 0 spiro atoms. The second-order valence-corrected chi connectivity index (χ2v) is 15.3. The monoisotopic (exact) mass is 824 g/mol. The highest BCUT2D eigenvalue weighted by Crippen LogP contribution is 2.38. The smallest absolute Gasteiger partial charge is 0.241 e. The number of carbonyl (C=O) groups excluding carboxylic acids is 3. The molecule has 0 fully saturated rings. The molecule has 2 aliphatic rings. The van der Waals surface area contributed by atoms with E-state index < -0.39 is 6.04 Å². The Morgan fingerprint density at radius 3 is 1.95 bits per heavy atom. The number of nitrogens with one attached hydrogen (secondary N) is 3. The van der Waals surface area contributed by atoms with Gasteiger partial charge in [0.25, 0.3) is 0 Å². The van der Waals surface area contributed by atoms with E-state index in [2.05, 4.69) is 63.1 Å². The van der Waals surface area contributed by atoms with E-state index in [4.69, 9.17) is 23.9 Å². The Hall–Kier alpha value is -6.86. The Balaban J connectivity index is 1.10. The summed E-state index contributed by atoms with van der Waals surface area (Å²) in [6.45, 7) is 2.57. The molecule has 7 rings (SSSR count). The number of likely N-dealkylation sites (N-methyl/N-ethyl adjacent to an activating group) is 3. The van der Waals surface area contributed by atoms with Crippen molar-refractivity contribution in [2.75, 3.05) is 62.3 Å². The molecule has 3 atom stereocenters. The number of anilines is 4. The number of benzene rings is 5. The lowest BCUT2D eigenvalue weighted by Gasteiger charge is -2.24. The largest absolute Gasteiger partial charge is 0.493 e. The molecule has 0 aliphatic carbocycles. The number of amides is 1. The predicted octanol–water partition coefficient (Wildman–Crippen LogP) is 7.27. The molecule has 0 bridgehead atoms. The van der Waals surface area contributed by atoms with Gasteiger partial charge in [0.15, 0.2) is 35.6 Å². The maximum atomic E-state index is 13.0. The van der Waals surface area contributed by atoms with Crippen molar-refractivity contribution in [1.82, 2.24) is 5.32 Å². The van der Waals surface area contributed by atoms with E-state index >= 15 is 0 Å². The normalized spacial score (nSPS) is 15.8. The summed E-state index contributed by atoms with van der Waals surface area (Å²) in [6, 6.07) is 28.8. The summed E-state index contributed by atoms with van der Waals surface area (Å²) in [5.74, 6) is 1.40. The van der Waals surface area contributed by atoms with Crippen molar-refractivity contribution >= 4 is 53.1 Å². The standard InChI is InChI=1S/C48H52N6O7/c1-30(49-2)48(57)52-37-16-31(28-60-46-22-40(35(26-55)20-44(46)58-5)50-24-38-18-33-11-7-9-13-42(33)53(38)3)15-32(17-37)29-61-47-23-41(36(27-56)21-45(47)59-6)51-25-39-19-34-12-8-10-14-43(34)54(39)4/h7-17,20-24,26-27,30,38-39,49,51H,18-19,25,28-29H2,1-6H3,(H,52,57)/t30?,38-,39?/m0/s1. The molecule has 13 heteroatoms. The summed E-state index contributed by atoms with van der Waals surface area (Å²) in [6.07, 6.45) is 5.11. The topological polar surface area (TPSA) is 143 Å². The number of para-hydroxylation sites is 2. The van der Waals surface area contributed by atoms with E-state index in [1.807, 2.05) is 49.7 Å². The molecule has 0 radical (unpaired) electrons. The van der Waals surface area contributed by atoms with E-state index in [1.54, 1.807) is 38.2 Å². The summed E-state index contributed by atoms with van der Waals surface area (Å²) in [4.78, 5) is 46.6. The molecule has 13 nitrogen and oxygen atoms in total. The number of rotatable bonds is 18. The third kappa shape index (κ3) is 9.47. The summed E-state index contributed by atoms with van der Waals surface area (Å²) >= 11 is 0. The highest BCUT2D eigenvalue weighted by Gasteiger charge is 2.27. The van der Waals surface area contributed by atoms with Crippen molar-refractivity contribution in [3.63, 3.8) is 0 Å². The zero-order valence-corrected chi connectivity index (χ0v) is 35.4. The lowest BCUT2D eigenvalue weighted by atomic mass is 10.1. The minimum atomic E-state index is -0.443. The SMILES string of the molecule is CNC(C)C(=O)Nc1cc(COc2cc(N=C[C@@H]3Cc4ccccc4N3C)c(C=O)cc2OC)cc(COc2cc(NCC3Cc4ccccc4N3C)c(C=O)cc2OC)c1. The van der Waals surface area contributed by atoms with Gasteiger partial charge in [-0.1, -0.05) is 36.4 Å². The predicted molar refractivity (Wildman–Crippen MR) is 240 cm³/mol. The average Bonchev–Trinajstić information content (AvgIpc) is 3.79. The van der Waals surface area contributed by atoms with Gasteiger partial charge in [-0.2, -0.15) is 0 Å². The van der Waals surface area contributed by atoms with Crippen LogP contribution in [-0.2, 0) is 30.8 Å². The lowest BCUT2D eigenvalue weighted by molar-refractivity contribution is -0.117. The van der Waals surface area contributed by atoms with E-state index in [0.717, 1.165) is 42.2 Å². The first kappa shape index (κ1) is 42.3. The van der Waals surface area contributed by atoms with Crippen LogP contribution in [0.15, 0.2) is 96.0 Å². The van der Waals surface area contributed by atoms with Crippen LogP contribution in [0, 0.1) is 0 Å². The first-order chi connectivity index (χ1) is 29.6. The van der Waals surface area contributed by atoms with Crippen LogP contribution in [0.1, 0.15) is 49.9 Å². The van der Waals surface area contributed by atoms with E-state index in [-0.39, 0.29) is 31.2 Å². The highest BCUT2D eigenvalue weighted by atomic mass is 16.5. The fourth-order valence-electron chi connectivity index (χ4n) is 7.79. The quantitative estimate of drug-likeness (QED) is 0.0607. The van der Waals surface area contributed by atoms with Crippen LogP contribution in [0.3, 0.4) is 0 Å². The van der Waals surface area contributed by atoms with Crippen molar-refractivity contribution in [3.05, 3.63) is 124 Å². The zero-order chi connectivity index (χ0) is 43.0. The van der Waals surface area contributed by atoms with E-state index in [0.29, 0.717) is 57.7 Å². The van der Waals surface area contributed by atoms with Gasteiger partial charge in [-0.25, -0.2) is 0 Å². The number of hydrogen-bond donors (Lipinski definition) is 3. The van der Waals surface area contributed by atoms with Crippen LogP contribution in [0.2, 0.25) is 0 Å². The molecular formula is C48H52N6O7. The first-order valence-corrected chi connectivity index (χ1v) is 20.2. The highest BCUT2D eigenvalue weighted by molar-refractivity contribution is 5.94. The fraction of sp³-hybridized carbons (Fsp3) is 0.292. The van der Waals surface area contributed by atoms with Gasteiger partial charge in [0.2, 0.25) is 5.91 Å². The molecule has 0 aromatic heterocycles. The second kappa shape index (κ2) is 19.0. The summed E-state index contributed by atoms with van der Waals surface area (Å²) in [5.41, 5.74) is 8.82. The van der Waals surface area contributed by atoms with Crippen molar-refractivity contribution in [2.24, 2.45) is 4.99 Å². The molecule has 1 amide bonds. The Kier molecular flexibility index (Phi) is 13.2. The molecule has 5 aromatic carbocycles. The minimum Gasteiger partial charge on any atom is -0.493 e. The molecule has 61 heavy (non-hydrogen) atoms. The van der Waals surface area contributed by atoms with E-state index in [9.17, 15) is 14.4 Å². The molecular weight excluding hydrogens is 773 g/mol. The van der Waals surface area contributed by atoms with Crippen molar-refractivity contribution < 1.29 is 33.3 Å². The zero-order valence-electron chi connectivity index (χ0n) is 35.4. The number of aliphatic imine (C=N–C) groups is 1. The van der Waals surface area contributed by atoms with Gasteiger partial charge in [0.05, 0.1) is 38.0 Å². The van der Waals surface area contributed by atoms with Crippen molar-refractivity contribution in [1.29, 1.82) is 0 Å². The number of carbonyl (C=O) groups is 3. The molecule has 316 valence electrons. The average molecular weight is 825 g/mol. The van der Waals surface area contributed by atoms with Crippen molar-refractivity contribution in [2.45, 2.75) is 51.1 Å². The Morgan fingerprint density at radius 1 is 0.770 bits per heavy atom. The lowest BCUT2D eigenvalue weighted by Crippen LogP contribution is -2.35. The number of methoxy groups -OCH3 is 2. The Morgan fingerprint density at radius 2 is 1.36 bits per heavy atom. The van der Waals surface area contributed by atoms with Gasteiger partial charge in [-0.3, -0.25) is 19.4 Å². The van der Waals surface area contributed by atoms with Gasteiger partial charge in [0.1, 0.15) is 13.2 Å². The number of fused-ring (bicyclic) bond motifs is 2. The maximum absolute atomic E-state index is 13.0. The number of aldehydes is 2. The maximum Gasteiger partial charge on any atom is 0.241 e. The van der Waals surface area contributed by atoms with Crippen LogP contribution < -0.4 is 44.7 Å².